The van der Waals surface area contributed by atoms with E-state index in [4.69, 9.17) is 10.5 Å². The number of rotatable bonds is 4. The molecule has 5 nitrogen and oxygen atoms in total. The van der Waals surface area contributed by atoms with Crippen molar-refractivity contribution in [2.24, 2.45) is 0 Å². The number of esters is 1. The van der Waals surface area contributed by atoms with E-state index in [-0.39, 0.29) is 6.61 Å². The molecule has 0 saturated carbocycles. The van der Waals surface area contributed by atoms with Gasteiger partial charge in [-0.15, -0.1) is 0 Å². The number of hydrogen-bond acceptors (Lipinski definition) is 4. The summed E-state index contributed by atoms with van der Waals surface area (Å²) in [6.07, 6.45) is 0. The van der Waals surface area contributed by atoms with Crippen LogP contribution in [0.4, 0.5) is 11.4 Å². The highest BCUT2D eigenvalue weighted by molar-refractivity contribution is 9.10. The second kappa shape index (κ2) is 6.90. The highest BCUT2D eigenvalue weighted by atomic mass is 79.9. The molecule has 6 heteroatoms. The Morgan fingerprint density at radius 2 is 1.90 bits per heavy atom. The second-order valence-electron chi connectivity index (χ2n) is 4.26. The van der Waals surface area contributed by atoms with Crippen LogP contribution in [0.15, 0.2) is 53.0 Å². The third-order valence-electron chi connectivity index (χ3n) is 2.57. The molecule has 0 aliphatic carbocycles. The van der Waals surface area contributed by atoms with Crippen LogP contribution in [-0.4, -0.2) is 18.5 Å². The highest BCUT2D eigenvalue weighted by Crippen LogP contribution is 2.15. The van der Waals surface area contributed by atoms with Crippen molar-refractivity contribution in [1.82, 2.24) is 0 Å². The third kappa shape index (κ3) is 4.61. The first-order valence-corrected chi connectivity index (χ1v) is 6.92. The summed E-state index contributed by atoms with van der Waals surface area (Å²) in [6.45, 7) is -0.361. The van der Waals surface area contributed by atoms with Gasteiger partial charge >= 0.3 is 5.97 Å². The maximum Gasteiger partial charge on any atom is 0.338 e. The van der Waals surface area contributed by atoms with Gasteiger partial charge in [0.25, 0.3) is 5.91 Å². The SMILES string of the molecule is Nc1cccc(C(=O)OCC(=O)Nc2cccc(Br)c2)c1. The number of carbonyl (C=O) groups is 2. The summed E-state index contributed by atoms with van der Waals surface area (Å²) in [5.74, 6) is -1.00. The lowest BCUT2D eigenvalue weighted by atomic mass is 10.2. The third-order valence-corrected chi connectivity index (χ3v) is 3.06. The van der Waals surface area contributed by atoms with Gasteiger partial charge in [-0.25, -0.2) is 4.79 Å². The van der Waals surface area contributed by atoms with Crippen molar-refractivity contribution >= 4 is 39.2 Å². The van der Waals surface area contributed by atoms with Gasteiger partial charge in [0.15, 0.2) is 6.61 Å². The van der Waals surface area contributed by atoms with Gasteiger partial charge in [0.1, 0.15) is 0 Å². The van der Waals surface area contributed by atoms with E-state index in [2.05, 4.69) is 21.2 Å². The van der Waals surface area contributed by atoms with Crippen LogP contribution in [-0.2, 0) is 9.53 Å². The zero-order chi connectivity index (χ0) is 15.2. The first-order chi connectivity index (χ1) is 10.0. The molecule has 2 aromatic rings. The number of nitrogen functional groups attached to an aromatic ring is 1. The van der Waals surface area contributed by atoms with E-state index in [0.717, 1.165) is 4.47 Å². The molecule has 108 valence electrons. The van der Waals surface area contributed by atoms with Gasteiger partial charge in [-0.1, -0.05) is 28.1 Å². The Morgan fingerprint density at radius 3 is 2.62 bits per heavy atom. The fourth-order valence-corrected chi connectivity index (χ4v) is 2.04. The molecule has 0 unspecified atom stereocenters. The second-order valence-corrected chi connectivity index (χ2v) is 5.18. The summed E-state index contributed by atoms with van der Waals surface area (Å²) >= 11 is 3.30. The van der Waals surface area contributed by atoms with E-state index >= 15 is 0 Å². The Hall–Kier alpha value is -2.34. The van der Waals surface area contributed by atoms with Gasteiger partial charge in [-0.3, -0.25) is 4.79 Å². The lowest BCUT2D eigenvalue weighted by Crippen LogP contribution is -2.20. The molecule has 2 rings (SSSR count). The molecule has 0 heterocycles. The molecule has 2 aromatic carbocycles. The predicted octanol–water partition coefficient (Wildman–Crippen LogP) is 2.83. The number of ether oxygens (including phenoxy) is 1. The number of hydrogen-bond donors (Lipinski definition) is 2. The standard InChI is InChI=1S/C15H13BrN2O3/c16-11-4-2-6-13(8-11)18-14(19)9-21-15(20)10-3-1-5-12(17)7-10/h1-8H,9,17H2,(H,18,19). The molecule has 0 radical (unpaired) electrons. The van der Waals surface area contributed by atoms with Crippen molar-refractivity contribution in [3.05, 3.63) is 58.6 Å². The minimum absolute atomic E-state index is 0.310. The molecule has 0 saturated heterocycles. The van der Waals surface area contributed by atoms with Gasteiger partial charge in [-0.2, -0.15) is 0 Å². The maximum atomic E-state index is 11.7. The molecule has 0 aliphatic rings. The van der Waals surface area contributed by atoms with Crippen LogP contribution >= 0.6 is 15.9 Å². The smallest absolute Gasteiger partial charge is 0.338 e. The Kier molecular flexibility index (Phi) is 4.94. The summed E-state index contributed by atoms with van der Waals surface area (Å²) in [5.41, 5.74) is 6.97. The Balaban J connectivity index is 1.88. The average molecular weight is 349 g/mol. The van der Waals surface area contributed by atoms with Crippen LogP contribution in [0.1, 0.15) is 10.4 Å². The van der Waals surface area contributed by atoms with Gasteiger partial charge in [0, 0.05) is 15.8 Å². The quantitative estimate of drug-likeness (QED) is 0.657. The van der Waals surface area contributed by atoms with Crippen molar-refractivity contribution in [3.63, 3.8) is 0 Å². The topological polar surface area (TPSA) is 81.4 Å². The summed E-state index contributed by atoms with van der Waals surface area (Å²) in [5, 5.41) is 2.63. The fraction of sp³-hybridized carbons (Fsp3) is 0.0667. The molecule has 1 amide bonds. The lowest BCUT2D eigenvalue weighted by Gasteiger charge is -2.07. The molecular weight excluding hydrogens is 336 g/mol. The molecule has 0 aliphatic heterocycles. The summed E-state index contributed by atoms with van der Waals surface area (Å²) < 4.78 is 5.77. The van der Waals surface area contributed by atoms with Crippen LogP contribution in [0.25, 0.3) is 0 Å². The number of halogens is 1. The zero-order valence-electron chi connectivity index (χ0n) is 11.0. The molecule has 0 fully saturated rings. The summed E-state index contributed by atoms with van der Waals surface area (Å²) in [4.78, 5) is 23.4. The van der Waals surface area contributed by atoms with Gasteiger partial charge in [-0.05, 0) is 36.4 Å². The van der Waals surface area contributed by atoms with E-state index in [1.54, 1.807) is 36.4 Å². The van der Waals surface area contributed by atoms with Crippen molar-refractivity contribution in [2.75, 3.05) is 17.7 Å². The Morgan fingerprint density at radius 1 is 1.14 bits per heavy atom. The summed E-state index contributed by atoms with van der Waals surface area (Å²) in [6, 6.07) is 13.5. The normalized spacial score (nSPS) is 9.95. The molecule has 0 bridgehead atoms. The molecule has 0 spiro atoms. The zero-order valence-corrected chi connectivity index (χ0v) is 12.6. The first kappa shape index (κ1) is 15.1. The molecule has 0 aromatic heterocycles. The van der Waals surface area contributed by atoms with E-state index in [1.807, 2.05) is 6.07 Å². The van der Waals surface area contributed by atoms with E-state index < -0.39 is 11.9 Å². The highest BCUT2D eigenvalue weighted by Gasteiger charge is 2.10. The summed E-state index contributed by atoms with van der Waals surface area (Å²) in [7, 11) is 0. The van der Waals surface area contributed by atoms with Crippen molar-refractivity contribution in [2.45, 2.75) is 0 Å². The minimum Gasteiger partial charge on any atom is -0.452 e. The number of benzene rings is 2. The number of nitrogens with one attached hydrogen (secondary N) is 1. The number of carbonyl (C=O) groups excluding carboxylic acids is 2. The minimum atomic E-state index is -0.591. The van der Waals surface area contributed by atoms with E-state index in [9.17, 15) is 9.59 Å². The number of nitrogens with two attached hydrogens (primary N) is 1. The van der Waals surface area contributed by atoms with Crippen LogP contribution in [0, 0.1) is 0 Å². The fourth-order valence-electron chi connectivity index (χ4n) is 1.64. The molecular formula is C15H13BrN2O3. The van der Waals surface area contributed by atoms with E-state index in [1.165, 1.54) is 6.07 Å². The van der Waals surface area contributed by atoms with Crippen LogP contribution in [0.3, 0.4) is 0 Å². The molecule has 3 N–H and O–H groups in total. The number of anilines is 2. The van der Waals surface area contributed by atoms with Crippen LogP contribution in [0.2, 0.25) is 0 Å². The van der Waals surface area contributed by atoms with Crippen LogP contribution in [0.5, 0.6) is 0 Å². The van der Waals surface area contributed by atoms with Crippen LogP contribution < -0.4 is 11.1 Å². The Labute approximate surface area is 130 Å². The molecule has 0 atom stereocenters. The first-order valence-electron chi connectivity index (χ1n) is 6.12. The Bertz CT molecular complexity index is 673. The maximum absolute atomic E-state index is 11.7. The van der Waals surface area contributed by atoms with Crippen molar-refractivity contribution in [3.8, 4) is 0 Å². The van der Waals surface area contributed by atoms with E-state index in [0.29, 0.717) is 16.9 Å². The van der Waals surface area contributed by atoms with Gasteiger partial charge in [0.05, 0.1) is 5.56 Å². The average Bonchev–Trinajstić information content (AvgIpc) is 2.45. The van der Waals surface area contributed by atoms with Crippen molar-refractivity contribution < 1.29 is 14.3 Å². The lowest BCUT2D eigenvalue weighted by molar-refractivity contribution is -0.119. The van der Waals surface area contributed by atoms with Crippen molar-refractivity contribution in [1.29, 1.82) is 0 Å². The van der Waals surface area contributed by atoms with Gasteiger partial charge < -0.3 is 15.8 Å². The van der Waals surface area contributed by atoms with Gasteiger partial charge in [0.2, 0.25) is 0 Å². The molecule has 21 heavy (non-hydrogen) atoms. The largest absolute Gasteiger partial charge is 0.452 e. The monoisotopic (exact) mass is 348 g/mol. The predicted molar refractivity (Wildman–Crippen MR) is 83.9 cm³/mol. The number of amides is 1.